The number of carbonyl (C=O) groups is 4. The molecular weight excluding hydrogens is 581 g/mol. The molecule has 4 aromatic carbocycles. The Hall–Kier alpha value is -5.22. The van der Waals surface area contributed by atoms with Crippen LogP contribution in [0, 0.1) is 5.82 Å². The van der Waals surface area contributed by atoms with Crippen LogP contribution < -0.4 is 16.0 Å². The molecule has 0 heterocycles. The Labute approximate surface area is 258 Å². The summed E-state index contributed by atoms with van der Waals surface area (Å²) in [5.74, 6) is -2.42. The lowest BCUT2D eigenvalue weighted by Crippen LogP contribution is -2.30. The number of amides is 3. The predicted octanol–water partition coefficient (Wildman–Crippen LogP) is 6.53. The molecule has 0 aliphatic rings. The minimum Gasteiger partial charge on any atom is -0.462 e. The van der Waals surface area contributed by atoms with Gasteiger partial charge in [-0.05, 0) is 80.6 Å². The number of thioether (sulfide) groups is 1. The van der Waals surface area contributed by atoms with E-state index in [9.17, 15) is 23.6 Å². The smallest absolute Gasteiger partial charge is 0.338 e. The number of carbonyl (C=O) groups excluding carboxylic acids is 4. The van der Waals surface area contributed by atoms with Crippen LogP contribution in [0.1, 0.15) is 40.1 Å². The molecule has 1 unspecified atom stereocenters. The minimum atomic E-state index is -0.656. The number of ether oxygens (including phenoxy) is 1. The zero-order valence-electron chi connectivity index (χ0n) is 24.0. The van der Waals surface area contributed by atoms with Crippen LogP contribution in [0.5, 0.6) is 0 Å². The molecule has 0 spiro atoms. The van der Waals surface area contributed by atoms with Crippen molar-refractivity contribution in [2.24, 2.45) is 0 Å². The van der Waals surface area contributed by atoms with Crippen molar-refractivity contribution in [3.63, 3.8) is 0 Å². The molecule has 3 N–H and O–H groups in total. The van der Waals surface area contributed by atoms with Gasteiger partial charge in [-0.2, -0.15) is 0 Å². The van der Waals surface area contributed by atoms with Crippen molar-refractivity contribution in [2.75, 3.05) is 17.2 Å². The standard InChI is InChI=1S/C34H30FN3O5S/c1-3-43-34(42)24-16-18-26(19-17-24)36-31(39)22(2)44-28-14-9-13-27(21-28)37-33(41)30(20-25-12-7-8-15-29(25)35)38-32(40)23-10-5-4-6-11-23/h4-22H,3H2,1-2H3,(H,36,39)(H,37,41)(H,38,40)/b30-20-. The topological polar surface area (TPSA) is 114 Å². The molecule has 0 saturated carbocycles. The van der Waals surface area contributed by atoms with E-state index in [-0.39, 0.29) is 23.8 Å². The number of rotatable bonds is 11. The Morgan fingerprint density at radius 3 is 2.23 bits per heavy atom. The van der Waals surface area contributed by atoms with Crippen LogP contribution in [-0.4, -0.2) is 35.5 Å². The van der Waals surface area contributed by atoms with Crippen LogP contribution in [0.4, 0.5) is 15.8 Å². The zero-order chi connectivity index (χ0) is 31.5. The van der Waals surface area contributed by atoms with E-state index in [1.807, 2.05) is 0 Å². The molecule has 4 rings (SSSR count). The van der Waals surface area contributed by atoms with Crippen LogP contribution in [0.15, 0.2) is 114 Å². The molecule has 1 atom stereocenters. The van der Waals surface area contributed by atoms with E-state index >= 15 is 0 Å². The second-order valence-electron chi connectivity index (χ2n) is 9.43. The second kappa shape index (κ2) is 15.3. The van der Waals surface area contributed by atoms with Crippen molar-refractivity contribution in [3.05, 3.63) is 131 Å². The third-order valence-electron chi connectivity index (χ3n) is 6.17. The fourth-order valence-corrected chi connectivity index (χ4v) is 4.87. The average molecular weight is 612 g/mol. The number of anilines is 2. The third kappa shape index (κ3) is 8.89. The lowest BCUT2D eigenvalue weighted by atomic mass is 10.1. The van der Waals surface area contributed by atoms with Gasteiger partial charge in [0.25, 0.3) is 11.8 Å². The number of esters is 1. The summed E-state index contributed by atoms with van der Waals surface area (Å²) in [6, 6.07) is 27.6. The van der Waals surface area contributed by atoms with Crippen molar-refractivity contribution in [2.45, 2.75) is 24.0 Å². The van der Waals surface area contributed by atoms with E-state index in [2.05, 4.69) is 16.0 Å². The maximum atomic E-state index is 14.4. The maximum Gasteiger partial charge on any atom is 0.338 e. The summed E-state index contributed by atoms with van der Waals surface area (Å²) < 4.78 is 19.4. The van der Waals surface area contributed by atoms with Crippen LogP contribution >= 0.6 is 11.8 Å². The Kier molecular flexibility index (Phi) is 11.0. The van der Waals surface area contributed by atoms with Gasteiger partial charge in [-0.3, -0.25) is 14.4 Å². The lowest BCUT2D eigenvalue weighted by Gasteiger charge is -2.14. The summed E-state index contributed by atoms with van der Waals surface area (Å²) in [5, 5.41) is 7.65. The molecule has 0 aliphatic heterocycles. The highest BCUT2D eigenvalue weighted by atomic mass is 32.2. The summed E-state index contributed by atoms with van der Waals surface area (Å²) >= 11 is 1.28. The minimum absolute atomic E-state index is 0.130. The van der Waals surface area contributed by atoms with E-state index < -0.39 is 28.9 Å². The highest BCUT2D eigenvalue weighted by Crippen LogP contribution is 2.27. The van der Waals surface area contributed by atoms with Crippen molar-refractivity contribution < 1.29 is 28.3 Å². The van der Waals surface area contributed by atoms with Crippen molar-refractivity contribution >= 4 is 52.9 Å². The molecule has 8 nitrogen and oxygen atoms in total. The molecule has 4 aromatic rings. The first-order valence-electron chi connectivity index (χ1n) is 13.7. The number of hydrogen-bond donors (Lipinski definition) is 3. The highest BCUT2D eigenvalue weighted by molar-refractivity contribution is 8.00. The van der Waals surface area contributed by atoms with Gasteiger partial charge < -0.3 is 20.7 Å². The van der Waals surface area contributed by atoms with E-state index in [0.717, 1.165) is 0 Å². The summed E-state index contributed by atoms with van der Waals surface area (Å²) in [7, 11) is 0. The molecule has 0 saturated heterocycles. The van der Waals surface area contributed by atoms with Gasteiger partial charge >= 0.3 is 5.97 Å². The van der Waals surface area contributed by atoms with Crippen LogP contribution in [0.3, 0.4) is 0 Å². The van der Waals surface area contributed by atoms with Gasteiger partial charge in [-0.15, -0.1) is 11.8 Å². The Morgan fingerprint density at radius 2 is 1.52 bits per heavy atom. The second-order valence-corrected chi connectivity index (χ2v) is 10.8. The molecule has 0 radical (unpaired) electrons. The number of benzene rings is 4. The molecule has 224 valence electrons. The van der Waals surface area contributed by atoms with Gasteiger partial charge in [0.2, 0.25) is 5.91 Å². The summed E-state index contributed by atoms with van der Waals surface area (Å²) in [6.45, 7) is 3.74. The molecule has 10 heteroatoms. The summed E-state index contributed by atoms with van der Waals surface area (Å²) in [5.41, 5.74) is 1.64. The Bertz CT molecular complexity index is 1680. The third-order valence-corrected chi connectivity index (χ3v) is 7.27. The fourth-order valence-electron chi connectivity index (χ4n) is 3.94. The first-order valence-corrected chi connectivity index (χ1v) is 14.6. The van der Waals surface area contributed by atoms with E-state index in [4.69, 9.17) is 4.74 Å². The Morgan fingerprint density at radius 1 is 0.818 bits per heavy atom. The maximum absolute atomic E-state index is 14.4. The average Bonchev–Trinajstić information content (AvgIpc) is 3.02. The summed E-state index contributed by atoms with van der Waals surface area (Å²) in [4.78, 5) is 51.6. The van der Waals surface area contributed by atoms with Gasteiger partial charge in [-0.1, -0.05) is 42.5 Å². The van der Waals surface area contributed by atoms with Crippen LogP contribution in [0.25, 0.3) is 6.08 Å². The number of hydrogen-bond acceptors (Lipinski definition) is 6. The van der Waals surface area contributed by atoms with E-state index in [0.29, 0.717) is 27.4 Å². The quantitative estimate of drug-likeness (QED) is 0.101. The number of halogens is 1. The Balaban J connectivity index is 1.44. The monoisotopic (exact) mass is 611 g/mol. The fraction of sp³-hybridized carbons (Fsp3) is 0.118. The highest BCUT2D eigenvalue weighted by Gasteiger charge is 2.18. The lowest BCUT2D eigenvalue weighted by molar-refractivity contribution is -0.115. The summed E-state index contributed by atoms with van der Waals surface area (Å²) in [6.07, 6.45) is 1.27. The number of nitrogens with one attached hydrogen (secondary N) is 3. The molecule has 0 aromatic heterocycles. The molecule has 0 bridgehead atoms. The van der Waals surface area contributed by atoms with E-state index in [1.165, 1.54) is 36.0 Å². The SMILES string of the molecule is CCOC(=O)c1ccc(NC(=O)C(C)Sc2cccc(NC(=O)/C(=C/c3ccccc3F)NC(=O)c3ccccc3)c2)cc1. The molecule has 0 aliphatic carbocycles. The van der Waals surface area contributed by atoms with Gasteiger partial charge in [0, 0.05) is 27.4 Å². The largest absolute Gasteiger partial charge is 0.462 e. The van der Waals surface area contributed by atoms with Crippen LogP contribution in [-0.2, 0) is 14.3 Å². The van der Waals surface area contributed by atoms with Crippen molar-refractivity contribution in [1.82, 2.24) is 5.32 Å². The van der Waals surface area contributed by atoms with Gasteiger partial charge in [0.1, 0.15) is 11.5 Å². The van der Waals surface area contributed by atoms with Crippen molar-refractivity contribution in [3.8, 4) is 0 Å². The van der Waals surface area contributed by atoms with Gasteiger partial charge in [0.05, 0.1) is 17.4 Å². The molecule has 44 heavy (non-hydrogen) atoms. The normalized spacial score (nSPS) is 11.7. The van der Waals surface area contributed by atoms with Gasteiger partial charge in [-0.25, -0.2) is 9.18 Å². The van der Waals surface area contributed by atoms with Crippen molar-refractivity contribution in [1.29, 1.82) is 0 Å². The first-order chi connectivity index (χ1) is 21.2. The molecule has 0 fully saturated rings. The van der Waals surface area contributed by atoms with Crippen LogP contribution in [0.2, 0.25) is 0 Å². The molecule has 3 amide bonds. The van der Waals surface area contributed by atoms with Gasteiger partial charge in [0.15, 0.2) is 0 Å². The first kappa shape index (κ1) is 31.7. The van der Waals surface area contributed by atoms with E-state index in [1.54, 1.807) is 98.8 Å². The zero-order valence-corrected chi connectivity index (χ0v) is 24.8. The predicted molar refractivity (Wildman–Crippen MR) is 170 cm³/mol. The molecular formula is C34H30FN3O5S.